The van der Waals surface area contributed by atoms with E-state index in [0.717, 1.165) is 0 Å². The second-order valence-electron chi connectivity index (χ2n) is 15.4. The molecule has 1 saturated heterocycles. The highest BCUT2D eigenvalue weighted by Crippen LogP contribution is 2.81. The second-order valence-corrected chi connectivity index (χ2v) is 15.4. The van der Waals surface area contributed by atoms with Crippen LogP contribution in [0.2, 0.25) is 0 Å². The third kappa shape index (κ3) is 4.10. The number of fused-ring (bicyclic) bond motifs is 4. The van der Waals surface area contributed by atoms with E-state index >= 15 is 4.79 Å². The molecule has 10 atom stereocenters. The number of ketones is 1. The van der Waals surface area contributed by atoms with Gasteiger partial charge in [0.2, 0.25) is 5.60 Å². The summed E-state index contributed by atoms with van der Waals surface area (Å²) >= 11 is 0. The van der Waals surface area contributed by atoms with E-state index in [9.17, 15) is 24.3 Å². The quantitative estimate of drug-likeness (QED) is 0.304. The molecular formula is C36H46O11. The summed E-state index contributed by atoms with van der Waals surface area (Å²) in [4.78, 5) is 68.9. The number of furan rings is 1. The highest BCUT2D eigenvalue weighted by Gasteiger charge is 2.92. The summed E-state index contributed by atoms with van der Waals surface area (Å²) < 4.78 is 29.0. The maximum atomic E-state index is 15.3. The number of hydrogen-bond donors (Lipinski definition) is 1. The average Bonchev–Trinajstić information content (AvgIpc) is 3.68. The van der Waals surface area contributed by atoms with Crippen molar-refractivity contribution in [1.82, 2.24) is 0 Å². The van der Waals surface area contributed by atoms with Crippen molar-refractivity contribution in [2.75, 3.05) is 7.11 Å². The van der Waals surface area contributed by atoms with E-state index in [1.807, 2.05) is 20.8 Å². The third-order valence-corrected chi connectivity index (χ3v) is 12.8. The number of carbonyl (C=O) groups excluding carboxylic acids is 5. The molecule has 0 radical (unpaired) electrons. The molecule has 47 heavy (non-hydrogen) atoms. The van der Waals surface area contributed by atoms with Crippen LogP contribution in [0.4, 0.5) is 0 Å². The van der Waals surface area contributed by atoms with Crippen molar-refractivity contribution in [2.24, 2.45) is 39.9 Å². The van der Waals surface area contributed by atoms with Gasteiger partial charge < -0.3 is 28.5 Å². The number of hydrogen-bond acceptors (Lipinski definition) is 11. The topological polar surface area (TPSA) is 156 Å². The molecule has 5 aliphatic rings. The number of aliphatic hydroxyl groups is 1. The van der Waals surface area contributed by atoms with E-state index < -0.39 is 93.0 Å². The largest absolute Gasteiger partial charge is 0.472 e. The lowest BCUT2D eigenvalue weighted by molar-refractivity contribution is -0.280. The summed E-state index contributed by atoms with van der Waals surface area (Å²) in [5, 5.41) is 13.2. The molecule has 3 saturated carbocycles. The Kier molecular flexibility index (Phi) is 7.66. The Hall–Kier alpha value is -3.47. The maximum Gasteiger partial charge on any atom is 0.310 e. The van der Waals surface area contributed by atoms with E-state index in [-0.39, 0.29) is 24.8 Å². The third-order valence-electron chi connectivity index (χ3n) is 12.8. The van der Waals surface area contributed by atoms with Gasteiger partial charge in [-0.15, -0.1) is 0 Å². The first-order valence-corrected chi connectivity index (χ1v) is 16.7. The van der Waals surface area contributed by atoms with Gasteiger partial charge in [-0.05, 0) is 42.7 Å². The van der Waals surface area contributed by atoms with Gasteiger partial charge in [-0.25, -0.2) is 0 Å². The van der Waals surface area contributed by atoms with Crippen LogP contribution in [0.15, 0.2) is 34.2 Å². The number of rotatable bonds is 8. The van der Waals surface area contributed by atoms with Crippen LogP contribution in [-0.2, 0) is 42.9 Å². The number of Topliss-reactive ketones (excluding diaryl/α,β-unsaturated/α-hetero) is 1. The SMILES string of the molecule is CC[C@H](C)C(=O)O[C@@]12CC3(C)[C@@H](OC(=O)C(C)C)[C@@]1(O)C(=O)C1=C4CC(=O)O[C@H](c5ccoc5)[C@@]4(C)CC[C@@H]1[C@]2(C)[C@H]3CC(=O)OC. The minimum atomic E-state index is -2.50. The van der Waals surface area contributed by atoms with E-state index in [1.54, 1.807) is 33.8 Å². The van der Waals surface area contributed by atoms with E-state index in [1.165, 1.54) is 19.6 Å². The van der Waals surface area contributed by atoms with Gasteiger partial charge >= 0.3 is 23.9 Å². The van der Waals surface area contributed by atoms with Gasteiger partial charge in [0.05, 0.1) is 37.9 Å². The molecule has 1 N–H and O–H groups in total. The zero-order valence-electron chi connectivity index (χ0n) is 28.5. The number of carbonyl (C=O) groups is 5. The second kappa shape index (κ2) is 10.8. The molecule has 11 nitrogen and oxygen atoms in total. The fourth-order valence-corrected chi connectivity index (χ4v) is 10.2. The molecule has 1 unspecified atom stereocenters. The predicted molar refractivity (Wildman–Crippen MR) is 164 cm³/mol. The van der Waals surface area contributed by atoms with E-state index in [4.69, 9.17) is 23.4 Å². The molecule has 1 aromatic heterocycles. The highest BCUT2D eigenvalue weighted by molar-refractivity contribution is 6.08. The molecule has 11 heteroatoms. The molecule has 1 aliphatic heterocycles. The standard InChI is InChI=1S/C36H46O11/c1-9-19(4)30(41)47-35-17-33(6)23(15-24(37)43-8)34(35,7)21-10-12-32(5)22(14-25(38)45-28(32)20-11-13-44-16-20)26(21)27(39)36(35,42)31(33)46-29(40)18(2)3/h11,13,16,18-19,21,23,28,31,42H,9-10,12,14-15,17H2,1-8H3/t19-,21-,23-,28+,31+,32-,33?,34+,35+,36-/m0/s1. The Morgan fingerprint density at radius 3 is 2.40 bits per heavy atom. The van der Waals surface area contributed by atoms with Gasteiger partial charge in [-0.1, -0.05) is 48.5 Å². The molecule has 6 rings (SSSR count). The summed E-state index contributed by atoms with van der Waals surface area (Å²) in [6.45, 7) is 12.5. The smallest absolute Gasteiger partial charge is 0.310 e. The van der Waals surface area contributed by atoms with Crippen LogP contribution in [-0.4, -0.2) is 59.2 Å². The summed E-state index contributed by atoms with van der Waals surface area (Å²) in [5.74, 6) is -5.36. The maximum absolute atomic E-state index is 15.3. The fourth-order valence-electron chi connectivity index (χ4n) is 10.2. The summed E-state index contributed by atoms with van der Waals surface area (Å²) in [5.41, 5.74) is -6.06. The van der Waals surface area contributed by atoms with Gasteiger partial charge in [0.1, 0.15) is 12.2 Å². The molecule has 2 heterocycles. The Morgan fingerprint density at radius 2 is 1.81 bits per heavy atom. The van der Waals surface area contributed by atoms with Crippen molar-refractivity contribution in [3.63, 3.8) is 0 Å². The summed E-state index contributed by atoms with van der Waals surface area (Å²) in [6, 6.07) is 1.72. The molecule has 0 spiro atoms. The number of methoxy groups -OCH3 is 1. The first-order chi connectivity index (χ1) is 22.0. The number of cyclic esters (lactones) is 1. The van der Waals surface area contributed by atoms with Crippen molar-refractivity contribution in [3.8, 4) is 0 Å². The zero-order chi connectivity index (χ0) is 34.5. The van der Waals surface area contributed by atoms with Crippen LogP contribution in [0.1, 0.15) is 98.7 Å². The molecule has 0 aromatic carbocycles. The first-order valence-electron chi connectivity index (χ1n) is 16.7. The van der Waals surface area contributed by atoms with Crippen LogP contribution in [0, 0.1) is 39.9 Å². The Morgan fingerprint density at radius 1 is 1.11 bits per heavy atom. The van der Waals surface area contributed by atoms with Crippen molar-refractivity contribution in [1.29, 1.82) is 0 Å². The van der Waals surface area contributed by atoms with Crippen LogP contribution in [0.25, 0.3) is 0 Å². The summed E-state index contributed by atoms with van der Waals surface area (Å²) in [6.07, 6.45) is 1.90. The highest BCUT2D eigenvalue weighted by atomic mass is 16.6. The van der Waals surface area contributed by atoms with E-state index in [2.05, 4.69) is 0 Å². The molecule has 2 bridgehead atoms. The van der Waals surface area contributed by atoms with Gasteiger partial charge in [-0.2, -0.15) is 0 Å². The summed E-state index contributed by atoms with van der Waals surface area (Å²) in [7, 11) is 1.29. The van der Waals surface area contributed by atoms with Gasteiger partial charge in [0.15, 0.2) is 11.4 Å². The number of ether oxygens (including phenoxy) is 4. The number of esters is 4. The molecule has 4 fully saturated rings. The van der Waals surface area contributed by atoms with Crippen molar-refractivity contribution >= 4 is 29.7 Å². The fraction of sp³-hybridized carbons (Fsp3) is 0.694. The minimum Gasteiger partial charge on any atom is -0.472 e. The van der Waals surface area contributed by atoms with Crippen LogP contribution < -0.4 is 0 Å². The van der Waals surface area contributed by atoms with Crippen LogP contribution >= 0.6 is 0 Å². The molecule has 4 aliphatic carbocycles. The first kappa shape index (κ1) is 33.4. The lowest BCUT2D eigenvalue weighted by atomic mass is 9.41. The zero-order valence-corrected chi connectivity index (χ0v) is 28.5. The lowest BCUT2D eigenvalue weighted by Gasteiger charge is -2.66. The van der Waals surface area contributed by atoms with Gasteiger partial charge in [0.25, 0.3) is 0 Å². The average molecular weight is 655 g/mol. The Balaban J connectivity index is 1.65. The molecular weight excluding hydrogens is 608 g/mol. The Bertz CT molecular complexity index is 1560. The molecule has 1 aromatic rings. The molecule has 256 valence electrons. The van der Waals surface area contributed by atoms with Crippen molar-refractivity contribution < 1.29 is 52.4 Å². The lowest BCUT2D eigenvalue weighted by Crippen LogP contribution is -2.79. The normalized spacial score (nSPS) is 40.8. The van der Waals surface area contributed by atoms with Gasteiger partial charge in [0, 0.05) is 40.2 Å². The van der Waals surface area contributed by atoms with Gasteiger partial charge in [-0.3, -0.25) is 24.0 Å². The predicted octanol–water partition coefficient (Wildman–Crippen LogP) is 4.80. The Labute approximate surface area is 274 Å². The van der Waals surface area contributed by atoms with Crippen LogP contribution in [0.5, 0.6) is 0 Å². The van der Waals surface area contributed by atoms with E-state index in [0.29, 0.717) is 30.4 Å². The molecule has 0 amide bonds. The van der Waals surface area contributed by atoms with Crippen LogP contribution in [0.3, 0.4) is 0 Å². The van der Waals surface area contributed by atoms with Crippen molar-refractivity contribution in [2.45, 2.75) is 110 Å². The monoisotopic (exact) mass is 654 g/mol. The minimum absolute atomic E-state index is 0.00527. The van der Waals surface area contributed by atoms with Crippen molar-refractivity contribution in [3.05, 3.63) is 35.3 Å².